The van der Waals surface area contributed by atoms with Crippen LogP contribution in [0.2, 0.25) is 5.02 Å². The van der Waals surface area contributed by atoms with Crippen LogP contribution in [0.5, 0.6) is 0 Å². The van der Waals surface area contributed by atoms with Crippen LogP contribution in [0.15, 0.2) is 48.5 Å². The SMILES string of the molecule is O=C1c2ccccc2C(=O)N1OC(=O)C1(c2cccc(Cl)c2)CCCC1. The number of hydrogen-bond donors (Lipinski definition) is 0. The first-order chi connectivity index (χ1) is 12.5. The van der Waals surface area contributed by atoms with Gasteiger partial charge < -0.3 is 4.84 Å². The summed E-state index contributed by atoms with van der Waals surface area (Å²) in [4.78, 5) is 43.3. The highest BCUT2D eigenvalue weighted by Crippen LogP contribution is 2.43. The number of carbonyl (C=O) groups excluding carboxylic acids is 3. The maximum atomic E-state index is 13.1. The molecule has 0 saturated heterocycles. The van der Waals surface area contributed by atoms with Crippen LogP contribution in [0.3, 0.4) is 0 Å². The Bertz CT molecular complexity index is 883. The molecule has 1 saturated carbocycles. The Morgan fingerprint density at radius 2 is 1.58 bits per heavy atom. The monoisotopic (exact) mass is 369 g/mol. The van der Waals surface area contributed by atoms with Gasteiger partial charge in [-0.15, -0.1) is 0 Å². The first-order valence-electron chi connectivity index (χ1n) is 8.49. The fraction of sp³-hybridized carbons (Fsp3) is 0.250. The van der Waals surface area contributed by atoms with E-state index in [1.165, 1.54) is 0 Å². The summed E-state index contributed by atoms with van der Waals surface area (Å²) in [5.74, 6) is -1.82. The molecular weight excluding hydrogens is 354 g/mol. The Morgan fingerprint density at radius 3 is 2.15 bits per heavy atom. The van der Waals surface area contributed by atoms with E-state index in [4.69, 9.17) is 16.4 Å². The van der Waals surface area contributed by atoms with Gasteiger partial charge in [-0.2, -0.15) is 0 Å². The number of amides is 2. The highest BCUT2D eigenvalue weighted by atomic mass is 35.5. The molecule has 2 aromatic carbocycles. The Kier molecular flexibility index (Phi) is 4.04. The highest BCUT2D eigenvalue weighted by molar-refractivity contribution is 6.30. The van der Waals surface area contributed by atoms with Crippen molar-refractivity contribution in [2.24, 2.45) is 0 Å². The predicted molar refractivity (Wildman–Crippen MR) is 94.6 cm³/mol. The van der Waals surface area contributed by atoms with Crippen LogP contribution in [-0.2, 0) is 15.0 Å². The summed E-state index contributed by atoms with van der Waals surface area (Å²) in [6.45, 7) is 0. The molecule has 0 N–H and O–H groups in total. The molecule has 0 unspecified atom stereocenters. The Labute approximate surface area is 155 Å². The van der Waals surface area contributed by atoms with Gasteiger partial charge in [-0.1, -0.05) is 53.8 Å². The van der Waals surface area contributed by atoms with E-state index in [0.29, 0.717) is 22.9 Å². The summed E-state index contributed by atoms with van der Waals surface area (Å²) < 4.78 is 0. The lowest BCUT2D eigenvalue weighted by Crippen LogP contribution is -2.42. The quantitative estimate of drug-likeness (QED) is 0.769. The van der Waals surface area contributed by atoms with E-state index in [-0.39, 0.29) is 11.1 Å². The van der Waals surface area contributed by atoms with Gasteiger partial charge >= 0.3 is 5.97 Å². The molecule has 0 bridgehead atoms. The van der Waals surface area contributed by atoms with Crippen molar-refractivity contribution in [1.29, 1.82) is 0 Å². The fourth-order valence-corrected chi connectivity index (χ4v) is 3.99. The number of rotatable bonds is 3. The summed E-state index contributed by atoms with van der Waals surface area (Å²) in [6.07, 6.45) is 2.91. The van der Waals surface area contributed by atoms with Gasteiger partial charge in [0.2, 0.25) is 0 Å². The lowest BCUT2D eigenvalue weighted by molar-refractivity contribution is -0.175. The minimum Gasteiger partial charge on any atom is -0.329 e. The summed E-state index contributed by atoms with van der Waals surface area (Å²) >= 11 is 6.10. The van der Waals surface area contributed by atoms with Crippen molar-refractivity contribution < 1.29 is 19.2 Å². The van der Waals surface area contributed by atoms with Crippen molar-refractivity contribution >= 4 is 29.4 Å². The van der Waals surface area contributed by atoms with Gasteiger partial charge in [0.1, 0.15) is 0 Å². The largest absolute Gasteiger partial charge is 0.343 e. The second-order valence-corrected chi connectivity index (χ2v) is 7.07. The van der Waals surface area contributed by atoms with Crippen LogP contribution in [0.1, 0.15) is 52.0 Å². The molecule has 2 aliphatic rings. The number of fused-ring (bicyclic) bond motifs is 1. The minimum atomic E-state index is -0.889. The molecule has 132 valence electrons. The summed E-state index contributed by atoms with van der Waals surface area (Å²) in [6, 6.07) is 13.5. The Balaban J connectivity index is 1.65. The van der Waals surface area contributed by atoms with Crippen molar-refractivity contribution in [2.45, 2.75) is 31.1 Å². The number of benzene rings is 2. The first kappa shape index (κ1) is 16.8. The molecule has 6 heteroatoms. The molecule has 0 aromatic heterocycles. The molecule has 5 nitrogen and oxygen atoms in total. The lowest BCUT2D eigenvalue weighted by atomic mass is 9.79. The smallest absolute Gasteiger partial charge is 0.329 e. The predicted octanol–water partition coefficient (Wildman–Crippen LogP) is 3.91. The Morgan fingerprint density at radius 1 is 0.962 bits per heavy atom. The second-order valence-electron chi connectivity index (χ2n) is 6.63. The standard InChI is InChI=1S/C20H16ClNO4/c21-14-7-5-6-13(12-14)20(10-3-4-11-20)19(25)26-22-17(23)15-8-1-2-9-16(15)18(22)24/h1-2,5-9,12H,3-4,10-11H2. The van der Waals surface area contributed by atoms with Crippen molar-refractivity contribution in [3.05, 3.63) is 70.2 Å². The van der Waals surface area contributed by atoms with Crippen LogP contribution in [0.25, 0.3) is 0 Å². The van der Waals surface area contributed by atoms with Crippen LogP contribution in [-0.4, -0.2) is 22.8 Å². The molecule has 26 heavy (non-hydrogen) atoms. The number of nitrogens with zero attached hydrogens (tertiary/aromatic N) is 1. The molecule has 2 aromatic rings. The zero-order valence-electron chi connectivity index (χ0n) is 13.9. The van der Waals surface area contributed by atoms with Crippen molar-refractivity contribution in [3.8, 4) is 0 Å². The van der Waals surface area contributed by atoms with Gasteiger partial charge in [0, 0.05) is 5.02 Å². The zero-order valence-corrected chi connectivity index (χ0v) is 14.7. The molecule has 1 heterocycles. The lowest BCUT2D eigenvalue weighted by Gasteiger charge is -2.28. The zero-order chi connectivity index (χ0) is 18.3. The third-order valence-corrected chi connectivity index (χ3v) is 5.39. The van der Waals surface area contributed by atoms with E-state index < -0.39 is 23.2 Å². The second kappa shape index (κ2) is 6.25. The minimum absolute atomic E-state index is 0.244. The number of hydrogen-bond acceptors (Lipinski definition) is 4. The van der Waals surface area contributed by atoms with Crippen LogP contribution in [0, 0.1) is 0 Å². The van der Waals surface area contributed by atoms with Gasteiger partial charge in [0.05, 0.1) is 16.5 Å². The number of halogens is 1. The molecule has 4 rings (SSSR count). The molecule has 1 aliphatic carbocycles. The van der Waals surface area contributed by atoms with E-state index in [1.54, 1.807) is 42.5 Å². The molecule has 0 atom stereocenters. The van der Waals surface area contributed by atoms with Gasteiger partial charge in [0.25, 0.3) is 11.8 Å². The van der Waals surface area contributed by atoms with E-state index >= 15 is 0 Å². The maximum Gasteiger partial charge on any atom is 0.343 e. The van der Waals surface area contributed by atoms with Crippen molar-refractivity contribution in [3.63, 3.8) is 0 Å². The van der Waals surface area contributed by atoms with Gasteiger partial charge in [-0.05, 0) is 42.7 Å². The van der Waals surface area contributed by atoms with E-state index in [1.807, 2.05) is 6.07 Å². The normalized spacial score (nSPS) is 18.1. The topological polar surface area (TPSA) is 63.7 Å². The Hall–Kier alpha value is -2.66. The average molecular weight is 370 g/mol. The molecule has 0 radical (unpaired) electrons. The van der Waals surface area contributed by atoms with Crippen LogP contribution in [0.4, 0.5) is 0 Å². The third kappa shape index (κ3) is 2.51. The number of hydroxylamine groups is 2. The van der Waals surface area contributed by atoms with Gasteiger partial charge in [-0.3, -0.25) is 9.59 Å². The first-order valence-corrected chi connectivity index (χ1v) is 8.87. The van der Waals surface area contributed by atoms with Gasteiger partial charge in [0.15, 0.2) is 0 Å². The van der Waals surface area contributed by atoms with Crippen LogP contribution < -0.4 is 0 Å². The molecule has 0 spiro atoms. The molecule has 2 amide bonds. The molecule has 1 fully saturated rings. The average Bonchev–Trinajstić information content (AvgIpc) is 3.23. The molecular formula is C20H16ClNO4. The summed E-state index contributed by atoms with van der Waals surface area (Å²) in [5.41, 5.74) is 0.353. The van der Waals surface area contributed by atoms with E-state index in [0.717, 1.165) is 18.4 Å². The highest BCUT2D eigenvalue weighted by Gasteiger charge is 2.48. The molecule has 1 aliphatic heterocycles. The van der Waals surface area contributed by atoms with Crippen molar-refractivity contribution in [2.75, 3.05) is 0 Å². The number of imide groups is 1. The maximum absolute atomic E-state index is 13.1. The van der Waals surface area contributed by atoms with Crippen molar-refractivity contribution in [1.82, 2.24) is 5.06 Å². The van der Waals surface area contributed by atoms with Gasteiger partial charge in [-0.25, -0.2) is 4.79 Å². The van der Waals surface area contributed by atoms with E-state index in [2.05, 4.69) is 0 Å². The number of carbonyl (C=O) groups is 3. The summed E-state index contributed by atoms with van der Waals surface area (Å²) in [5, 5.41) is 1.11. The van der Waals surface area contributed by atoms with E-state index in [9.17, 15) is 14.4 Å². The fourth-order valence-electron chi connectivity index (χ4n) is 3.80. The van der Waals surface area contributed by atoms with Crippen LogP contribution >= 0.6 is 11.6 Å². The summed E-state index contributed by atoms with van der Waals surface area (Å²) in [7, 11) is 0. The third-order valence-electron chi connectivity index (χ3n) is 5.16.